The predicted molar refractivity (Wildman–Crippen MR) is 145 cm³/mol. The number of hydrogen-bond donors (Lipinski definition) is 1. The van der Waals surface area contributed by atoms with Gasteiger partial charge in [0.25, 0.3) is 5.56 Å². The van der Waals surface area contributed by atoms with Gasteiger partial charge in [-0.15, -0.1) is 0 Å². The van der Waals surface area contributed by atoms with Gasteiger partial charge in [0.15, 0.2) is 5.16 Å². The highest BCUT2D eigenvalue weighted by molar-refractivity contribution is 8.00. The molecule has 180 valence electrons. The van der Waals surface area contributed by atoms with Gasteiger partial charge in [-0.3, -0.25) is 14.2 Å². The molecule has 0 bridgehead atoms. The smallest absolute Gasteiger partial charge is 0.266 e. The largest absolute Gasteiger partial charge is 0.355 e. The number of thioether (sulfide) groups is 1. The number of nitrogens with zero attached hydrogens (tertiary/aromatic N) is 2. The number of rotatable bonds is 10. The number of halogens is 1. The van der Waals surface area contributed by atoms with E-state index < -0.39 is 0 Å². The lowest BCUT2D eigenvalue weighted by Crippen LogP contribution is -2.35. The van der Waals surface area contributed by atoms with E-state index in [4.69, 9.17) is 16.6 Å². The van der Waals surface area contributed by atoms with Gasteiger partial charge in [-0.2, -0.15) is 0 Å². The van der Waals surface area contributed by atoms with E-state index >= 15 is 0 Å². The molecule has 3 aromatic carbocycles. The summed E-state index contributed by atoms with van der Waals surface area (Å²) in [6.07, 6.45) is 3.33. The van der Waals surface area contributed by atoms with Crippen LogP contribution in [0.2, 0.25) is 5.02 Å². The number of aromatic nitrogens is 2. The molecule has 7 heteroatoms. The van der Waals surface area contributed by atoms with E-state index in [1.807, 2.05) is 42.5 Å². The molecule has 1 heterocycles. The standard InChI is InChI=1S/C28H28ClN3O2S/c1-2-3-16-25(26(33)30-18-17-20-10-5-4-6-11-20)35-28-31-24-15-8-7-14-23(24)27(34)32(28)22-13-9-12-21(29)19-22/h4-15,19,25H,2-3,16-18H2,1H3,(H,30,33). The molecule has 5 nitrogen and oxygen atoms in total. The SMILES string of the molecule is CCCCC(Sc1nc2ccccc2c(=O)n1-c1cccc(Cl)c1)C(=O)NCCc1ccccc1. The molecule has 0 radical (unpaired) electrons. The monoisotopic (exact) mass is 505 g/mol. The van der Waals surface area contributed by atoms with E-state index in [1.54, 1.807) is 28.8 Å². The zero-order chi connectivity index (χ0) is 24.6. The molecule has 0 saturated heterocycles. The molecule has 1 atom stereocenters. The minimum atomic E-state index is -0.371. The summed E-state index contributed by atoms with van der Waals surface area (Å²) in [5.41, 5.74) is 2.23. The van der Waals surface area contributed by atoms with Gasteiger partial charge in [-0.25, -0.2) is 4.98 Å². The second kappa shape index (κ2) is 12.0. The van der Waals surface area contributed by atoms with Crippen LogP contribution in [0.5, 0.6) is 0 Å². The summed E-state index contributed by atoms with van der Waals surface area (Å²) in [7, 11) is 0. The van der Waals surface area contributed by atoms with Crippen LogP contribution in [0.25, 0.3) is 16.6 Å². The van der Waals surface area contributed by atoms with Crippen molar-refractivity contribution in [3.63, 3.8) is 0 Å². The molecule has 1 aromatic heterocycles. The lowest BCUT2D eigenvalue weighted by molar-refractivity contribution is -0.120. The summed E-state index contributed by atoms with van der Waals surface area (Å²) in [5.74, 6) is -0.0422. The molecule has 0 aliphatic heterocycles. The van der Waals surface area contributed by atoms with Gasteiger partial charge < -0.3 is 5.32 Å². The topological polar surface area (TPSA) is 64.0 Å². The normalized spacial score (nSPS) is 11.9. The van der Waals surface area contributed by atoms with Crippen molar-refractivity contribution in [2.75, 3.05) is 6.54 Å². The molecule has 4 aromatic rings. The maximum Gasteiger partial charge on any atom is 0.266 e. The van der Waals surface area contributed by atoms with E-state index in [0.29, 0.717) is 39.7 Å². The van der Waals surface area contributed by atoms with Crippen LogP contribution in [0, 0.1) is 0 Å². The lowest BCUT2D eigenvalue weighted by atomic mass is 10.1. The maximum absolute atomic E-state index is 13.5. The zero-order valence-electron chi connectivity index (χ0n) is 19.6. The third kappa shape index (κ3) is 6.32. The summed E-state index contributed by atoms with van der Waals surface area (Å²) in [6.45, 7) is 2.66. The Morgan fingerprint density at radius 3 is 2.60 bits per heavy atom. The van der Waals surface area contributed by atoms with Crippen LogP contribution >= 0.6 is 23.4 Å². The highest BCUT2D eigenvalue weighted by atomic mass is 35.5. The molecule has 0 spiro atoms. The Morgan fingerprint density at radius 2 is 1.83 bits per heavy atom. The minimum Gasteiger partial charge on any atom is -0.355 e. The van der Waals surface area contributed by atoms with Crippen LogP contribution in [0.3, 0.4) is 0 Å². The number of carbonyl (C=O) groups is 1. The third-order valence-electron chi connectivity index (χ3n) is 5.73. The number of carbonyl (C=O) groups excluding carboxylic acids is 1. The average Bonchev–Trinajstić information content (AvgIpc) is 2.87. The Labute approximate surface area is 214 Å². The fourth-order valence-corrected chi connectivity index (χ4v) is 5.24. The van der Waals surface area contributed by atoms with E-state index in [2.05, 4.69) is 24.4 Å². The molecule has 35 heavy (non-hydrogen) atoms. The number of fused-ring (bicyclic) bond motifs is 1. The van der Waals surface area contributed by atoms with E-state index in [9.17, 15) is 9.59 Å². The molecule has 1 unspecified atom stereocenters. The fourth-order valence-electron chi connectivity index (χ4n) is 3.88. The highest BCUT2D eigenvalue weighted by Crippen LogP contribution is 2.29. The summed E-state index contributed by atoms with van der Waals surface area (Å²) in [5, 5.41) is 4.25. The number of hydrogen-bond acceptors (Lipinski definition) is 4. The molecule has 1 amide bonds. The van der Waals surface area contributed by atoms with Gasteiger partial charge in [-0.05, 0) is 48.7 Å². The van der Waals surface area contributed by atoms with Gasteiger partial charge in [0.05, 0.1) is 21.8 Å². The number of benzene rings is 3. The molecule has 0 aliphatic carbocycles. The molecule has 0 saturated carbocycles. The second-order valence-corrected chi connectivity index (χ2v) is 9.91. The molecular formula is C28H28ClN3O2S. The van der Waals surface area contributed by atoms with E-state index in [0.717, 1.165) is 19.3 Å². The number of nitrogens with one attached hydrogen (secondary N) is 1. The van der Waals surface area contributed by atoms with Crippen molar-refractivity contribution in [3.05, 3.63) is 99.8 Å². The first kappa shape index (κ1) is 25.0. The first-order valence-electron chi connectivity index (χ1n) is 11.8. The second-order valence-electron chi connectivity index (χ2n) is 8.31. The first-order valence-corrected chi connectivity index (χ1v) is 13.1. The third-order valence-corrected chi connectivity index (χ3v) is 7.18. The average molecular weight is 506 g/mol. The van der Waals surface area contributed by atoms with E-state index in [1.165, 1.54) is 17.3 Å². The van der Waals surface area contributed by atoms with Crippen LogP contribution in [0.1, 0.15) is 31.7 Å². The Morgan fingerprint density at radius 1 is 1.06 bits per heavy atom. The van der Waals surface area contributed by atoms with Crippen LogP contribution in [0.15, 0.2) is 88.8 Å². The van der Waals surface area contributed by atoms with Crippen LogP contribution in [0.4, 0.5) is 0 Å². The van der Waals surface area contributed by atoms with Gasteiger partial charge >= 0.3 is 0 Å². The van der Waals surface area contributed by atoms with Crippen molar-refractivity contribution in [1.29, 1.82) is 0 Å². The van der Waals surface area contributed by atoms with Gasteiger partial charge in [-0.1, -0.05) is 91.7 Å². The zero-order valence-corrected chi connectivity index (χ0v) is 21.2. The molecular weight excluding hydrogens is 478 g/mol. The number of unbranched alkanes of at least 4 members (excludes halogenated alkanes) is 1. The summed E-state index contributed by atoms with van der Waals surface area (Å²) < 4.78 is 1.56. The summed E-state index contributed by atoms with van der Waals surface area (Å²) >= 11 is 7.58. The van der Waals surface area contributed by atoms with Crippen molar-refractivity contribution >= 4 is 40.2 Å². The Balaban J connectivity index is 1.65. The molecule has 0 aliphatic rings. The van der Waals surface area contributed by atoms with Gasteiger partial charge in [0, 0.05) is 11.6 Å². The van der Waals surface area contributed by atoms with Crippen molar-refractivity contribution in [2.45, 2.75) is 43.0 Å². The quantitative estimate of drug-likeness (QED) is 0.210. The molecule has 0 fully saturated rings. The molecule has 1 N–H and O–H groups in total. The lowest BCUT2D eigenvalue weighted by Gasteiger charge is -2.19. The van der Waals surface area contributed by atoms with Crippen LogP contribution in [-0.4, -0.2) is 27.3 Å². The maximum atomic E-state index is 13.5. The van der Waals surface area contributed by atoms with Crippen molar-refractivity contribution in [1.82, 2.24) is 14.9 Å². The highest BCUT2D eigenvalue weighted by Gasteiger charge is 2.23. The molecule has 4 rings (SSSR count). The fraction of sp³-hybridized carbons (Fsp3) is 0.250. The van der Waals surface area contributed by atoms with E-state index in [-0.39, 0.29) is 16.7 Å². The Bertz CT molecular complexity index is 1360. The van der Waals surface area contributed by atoms with Crippen molar-refractivity contribution in [2.24, 2.45) is 0 Å². The minimum absolute atomic E-state index is 0.0422. The van der Waals surface area contributed by atoms with Gasteiger partial charge in [0.1, 0.15) is 0 Å². The summed E-state index contributed by atoms with van der Waals surface area (Å²) in [4.78, 5) is 31.6. The van der Waals surface area contributed by atoms with Gasteiger partial charge in [0.2, 0.25) is 5.91 Å². The van der Waals surface area contributed by atoms with Crippen molar-refractivity contribution < 1.29 is 4.79 Å². The summed E-state index contributed by atoms with van der Waals surface area (Å²) in [6, 6.07) is 24.5. The van der Waals surface area contributed by atoms with Crippen LogP contribution in [-0.2, 0) is 11.2 Å². The van der Waals surface area contributed by atoms with Crippen LogP contribution < -0.4 is 10.9 Å². The predicted octanol–water partition coefficient (Wildman–Crippen LogP) is 6.05. The Kier molecular flexibility index (Phi) is 8.61. The van der Waals surface area contributed by atoms with Crippen molar-refractivity contribution in [3.8, 4) is 5.69 Å². The number of amides is 1. The Hall–Kier alpha value is -3.09. The first-order chi connectivity index (χ1) is 17.1. The number of para-hydroxylation sites is 1.